The van der Waals surface area contributed by atoms with Crippen LogP contribution in [-0.2, 0) is 10.0 Å². The fourth-order valence-electron chi connectivity index (χ4n) is 1.62. The van der Waals surface area contributed by atoms with Gasteiger partial charge >= 0.3 is 0 Å². The Morgan fingerprint density at radius 1 is 1.41 bits per heavy atom. The summed E-state index contributed by atoms with van der Waals surface area (Å²) in [6.07, 6.45) is 2.13. The van der Waals surface area contributed by atoms with E-state index in [9.17, 15) is 8.42 Å². The van der Waals surface area contributed by atoms with E-state index in [-0.39, 0.29) is 4.90 Å². The van der Waals surface area contributed by atoms with E-state index < -0.39 is 10.0 Å². The topological polar surface area (TPSA) is 70.6 Å². The summed E-state index contributed by atoms with van der Waals surface area (Å²) in [5, 5.41) is 6.04. The van der Waals surface area contributed by atoms with Gasteiger partial charge in [-0.25, -0.2) is 0 Å². The lowest BCUT2D eigenvalue weighted by molar-refractivity contribution is 0.597. The van der Waals surface area contributed by atoms with Crippen LogP contribution in [0.5, 0.6) is 0 Å². The maximum Gasteiger partial charge on any atom is 0.287 e. The zero-order valence-corrected chi connectivity index (χ0v) is 11.2. The van der Waals surface area contributed by atoms with Gasteiger partial charge in [-0.3, -0.25) is 0 Å². The van der Waals surface area contributed by atoms with Crippen LogP contribution in [0.2, 0.25) is 0 Å². The molecule has 90 valence electrons. The first-order valence-electron chi connectivity index (χ1n) is 5.23. The summed E-state index contributed by atoms with van der Waals surface area (Å²) >= 11 is 3.25. The van der Waals surface area contributed by atoms with Gasteiger partial charge in [0.15, 0.2) is 0 Å². The minimum Gasteiger partial charge on any atom is -0.352 e. The van der Waals surface area contributed by atoms with Crippen LogP contribution in [0.4, 0.5) is 5.69 Å². The summed E-state index contributed by atoms with van der Waals surface area (Å²) in [7, 11) is -3.60. The molecule has 0 atom stereocenters. The van der Waals surface area contributed by atoms with Crippen molar-refractivity contribution in [2.24, 2.45) is 4.40 Å². The van der Waals surface area contributed by atoms with Crippen molar-refractivity contribution >= 4 is 37.6 Å². The number of nitrogens with one attached hydrogen (secondary N) is 2. The monoisotopic (exact) mass is 315 g/mol. The third-order valence-electron chi connectivity index (χ3n) is 2.60. The van der Waals surface area contributed by atoms with Crippen molar-refractivity contribution in [2.45, 2.75) is 23.8 Å². The average molecular weight is 316 g/mol. The molecule has 3 rings (SSSR count). The van der Waals surface area contributed by atoms with E-state index in [2.05, 4.69) is 31.0 Å². The largest absolute Gasteiger partial charge is 0.352 e. The number of fused-ring (bicyclic) bond motifs is 1. The lowest BCUT2D eigenvalue weighted by Gasteiger charge is -2.18. The highest BCUT2D eigenvalue weighted by atomic mass is 79.9. The molecule has 1 aliphatic carbocycles. The van der Waals surface area contributed by atoms with Crippen LogP contribution in [0.15, 0.2) is 32.0 Å². The van der Waals surface area contributed by atoms with Crippen LogP contribution in [0, 0.1) is 0 Å². The van der Waals surface area contributed by atoms with Gasteiger partial charge in [-0.05, 0) is 31.0 Å². The Kier molecular flexibility index (Phi) is 2.41. The predicted octanol–water partition coefficient (Wildman–Crippen LogP) is 1.67. The third-order valence-corrected chi connectivity index (χ3v) is 4.41. The van der Waals surface area contributed by atoms with Crippen molar-refractivity contribution in [2.75, 3.05) is 5.32 Å². The lowest BCUT2D eigenvalue weighted by Crippen LogP contribution is -2.35. The van der Waals surface area contributed by atoms with E-state index in [1.807, 2.05) is 0 Å². The lowest BCUT2D eigenvalue weighted by atomic mass is 10.3. The molecule has 7 heteroatoms. The molecule has 1 saturated carbocycles. The summed E-state index contributed by atoms with van der Waals surface area (Å²) in [4.78, 5) is 0.202. The molecule has 0 saturated heterocycles. The number of rotatable bonds is 1. The number of nitrogens with zero attached hydrogens (tertiary/aromatic N) is 1. The molecule has 2 N–H and O–H groups in total. The van der Waals surface area contributed by atoms with Gasteiger partial charge in [0.05, 0.1) is 5.69 Å². The molecule has 1 aromatic rings. The van der Waals surface area contributed by atoms with Crippen LogP contribution >= 0.6 is 15.9 Å². The van der Waals surface area contributed by atoms with Crippen LogP contribution in [0.1, 0.15) is 12.8 Å². The van der Waals surface area contributed by atoms with Gasteiger partial charge in [-0.1, -0.05) is 15.9 Å². The minimum absolute atomic E-state index is 0.202. The van der Waals surface area contributed by atoms with Gasteiger partial charge < -0.3 is 10.6 Å². The zero-order valence-electron chi connectivity index (χ0n) is 8.77. The number of guanidine groups is 1. The first-order valence-corrected chi connectivity index (χ1v) is 7.46. The summed E-state index contributed by atoms with van der Waals surface area (Å²) < 4.78 is 28.3. The maximum atomic E-state index is 11.9. The second-order valence-corrected chi connectivity index (χ2v) is 6.59. The smallest absolute Gasteiger partial charge is 0.287 e. The zero-order chi connectivity index (χ0) is 12.0. The third kappa shape index (κ3) is 2.16. The summed E-state index contributed by atoms with van der Waals surface area (Å²) in [6, 6.07) is 5.42. The molecule has 0 unspecified atom stereocenters. The molecule has 0 spiro atoms. The van der Waals surface area contributed by atoms with E-state index in [1.165, 1.54) is 0 Å². The fraction of sp³-hybridized carbons (Fsp3) is 0.300. The van der Waals surface area contributed by atoms with E-state index in [0.29, 0.717) is 17.7 Å². The van der Waals surface area contributed by atoms with Gasteiger partial charge in [0.1, 0.15) is 4.90 Å². The Morgan fingerprint density at radius 2 is 2.18 bits per heavy atom. The van der Waals surface area contributed by atoms with Gasteiger partial charge in [-0.15, -0.1) is 4.40 Å². The number of halogens is 1. The van der Waals surface area contributed by atoms with Crippen molar-refractivity contribution in [3.63, 3.8) is 0 Å². The minimum atomic E-state index is -3.60. The van der Waals surface area contributed by atoms with Gasteiger partial charge in [0, 0.05) is 10.5 Å². The normalized spacial score (nSPS) is 21.1. The first kappa shape index (κ1) is 11.0. The summed E-state index contributed by atoms with van der Waals surface area (Å²) in [5.74, 6) is 0.322. The molecule has 17 heavy (non-hydrogen) atoms. The Hall–Kier alpha value is -1.08. The molecule has 1 aromatic carbocycles. The Bertz CT molecular complexity index is 608. The van der Waals surface area contributed by atoms with Crippen molar-refractivity contribution < 1.29 is 8.42 Å². The molecule has 0 radical (unpaired) electrons. The van der Waals surface area contributed by atoms with E-state index in [0.717, 1.165) is 17.3 Å². The van der Waals surface area contributed by atoms with Crippen molar-refractivity contribution in [3.05, 3.63) is 22.7 Å². The highest BCUT2D eigenvalue weighted by molar-refractivity contribution is 9.10. The second kappa shape index (κ2) is 3.71. The van der Waals surface area contributed by atoms with E-state index in [4.69, 9.17) is 0 Å². The SMILES string of the molecule is O=S1(=O)N=C(NC2CC2)Nc2ccc(Br)cc21. The Balaban J connectivity index is 2.02. The van der Waals surface area contributed by atoms with Crippen LogP contribution in [-0.4, -0.2) is 20.4 Å². The van der Waals surface area contributed by atoms with Crippen molar-refractivity contribution in [3.8, 4) is 0 Å². The van der Waals surface area contributed by atoms with Crippen LogP contribution in [0.3, 0.4) is 0 Å². The first-order chi connectivity index (χ1) is 8.04. The maximum absolute atomic E-state index is 11.9. The molecule has 0 amide bonds. The van der Waals surface area contributed by atoms with Crippen molar-refractivity contribution in [1.29, 1.82) is 0 Å². The molecule has 5 nitrogen and oxygen atoms in total. The van der Waals surface area contributed by atoms with Crippen LogP contribution in [0.25, 0.3) is 0 Å². The number of sulfonamides is 1. The molecule has 1 aliphatic heterocycles. The van der Waals surface area contributed by atoms with Gasteiger partial charge in [-0.2, -0.15) is 8.42 Å². The quantitative estimate of drug-likeness (QED) is 0.827. The standard InChI is InChI=1S/C10H10BrN3O2S/c11-6-1-4-8-9(5-6)17(15,16)14-10(13-8)12-7-2-3-7/h1,4-5,7H,2-3H2,(H2,12,13,14). The summed E-state index contributed by atoms with van der Waals surface area (Å²) in [5.41, 5.74) is 0.561. The Morgan fingerprint density at radius 3 is 2.88 bits per heavy atom. The van der Waals surface area contributed by atoms with Crippen LogP contribution < -0.4 is 10.6 Å². The molecule has 0 aromatic heterocycles. The van der Waals surface area contributed by atoms with Gasteiger partial charge in [0.25, 0.3) is 10.0 Å². The number of hydrogen-bond acceptors (Lipinski definition) is 4. The molecular weight excluding hydrogens is 306 g/mol. The molecule has 1 fully saturated rings. The molecule has 1 heterocycles. The summed E-state index contributed by atoms with van der Waals surface area (Å²) in [6.45, 7) is 0. The Labute approximate surface area is 108 Å². The highest BCUT2D eigenvalue weighted by Gasteiger charge is 2.29. The van der Waals surface area contributed by atoms with Gasteiger partial charge in [0.2, 0.25) is 5.96 Å². The second-order valence-electron chi connectivity index (χ2n) is 4.10. The van der Waals surface area contributed by atoms with E-state index >= 15 is 0 Å². The number of benzene rings is 1. The highest BCUT2D eigenvalue weighted by Crippen LogP contribution is 2.30. The van der Waals surface area contributed by atoms with E-state index in [1.54, 1.807) is 18.2 Å². The predicted molar refractivity (Wildman–Crippen MR) is 68.5 cm³/mol. The molecule has 0 bridgehead atoms. The average Bonchev–Trinajstić information content (AvgIpc) is 3.02. The molecular formula is C10H10BrN3O2S. The number of anilines is 1. The number of hydrogen-bond donors (Lipinski definition) is 2. The fourth-order valence-corrected chi connectivity index (χ4v) is 3.24. The van der Waals surface area contributed by atoms with Crippen molar-refractivity contribution in [1.82, 2.24) is 5.32 Å². The molecule has 2 aliphatic rings.